The number of fused-ring (bicyclic) bond motifs is 1. The largest absolute Gasteiger partial charge is 0.481 e. The van der Waals surface area contributed by atoms with Gasteiger partial charge in [0, 0.05) is 11.6 Å². The fourth-order valence-electron chi connectivity index (χ4n) is 2.20. The average molecular weight is 359 g/mol. The first kappa shape index (κ1) is 13.9. The molecule has 4 nitrogen and oxygen atoms in total. The van der Waals surface area contributed by atoms with Crippen LogP contribution in [0.2, 0.25) is 0 Å². The van der Waals surface area contributed by atoms with Gasteiger partial charge in [-0.3, -0.25) is 4.79 Å². The normalized spacial score (nSPS) is 16.6. The lowest BCUT2D eigenvalue weighted by molar-refractivity contribution is -0.133. The minimum Gasteiger partial charge on any atom is -0.481 e. The topological polar surface area (TPSA) is 55.1 Å². The molecule has 0 aliphatic heterocycles. The Morgan fingerprint density at radius 2 is 2.30 bits per heavy atom. The number of rotatable bonds is 4. The minimum absolute atomic E-state index is 0.0349. The van der Waals surface area contributed by atoms with Crippen molar-refractivity contribution in [3.05, 3.63) is 22.4 Å². The Hall–Kier alpha value is -1.08. The first-order valence-electron chi connectivity index (χ1n) is 6.13. The number of thioether (sulfide) groups is 1. The van der Waals surface area contributed by atoms with Crippen molar-refractivity contribution in [1.82, 2.24) is 9.55 Å². The third-order valence-corrected chi connectivity index (χ3v) is 5.03. The van der Waals surface area contributed by atoms with Gasteiger partial charge in [0.15, 0.2) is 5.16 Å². The molecule has 0 bridgehead atoms. The number of imidazole rings is 1. The summed E-state index contributed by atoms with van der Waals surface area (Å²) in [5.41, 5.74) is 1.37. The zero-order valence-corrected chi connectivity index (χ0v) is 13.1. The smallest absolute Gasteiger partial charge is 0.313 e. The Bertz CT molecular complexity index is 712. The van der Waals surface area contributed by atoms with Crippen LogP contribution < -0.4 is 0 Å². The van der Waals surface area contributed by atoms with E-state index < -0.39 is 5.97 Å². The molecule has 1 heterocycles. The van der Waals surface area contributed by atoms with Gasteiger partial charge in [-0.05, 0) is 41.8 Å². The number of carboxylic acids is 1. The summed E-state index contributed by atoms with van der Waals surface area (Å²) in [7, 11) is 0. The van der Waals surface area contributed by atoms with Crippen LogP contribution in [0.1, 0.15) is 19.8 Å². The second kappa shape index (κ2) is 4.73. The molecule has 3 rings (SSSR count). The van der Waals surface area contributed by atoms with Crippen molar-refractivity contribution in [3.8, 4) is 0 Å². The van der Waals surface area contributed by atoms with E-state index in [1.165, 1.54) is 17.8 Å². The monoisotopic (exact) mass is 358 g/mol. The highest BCUT2D eigenvalue weighted by Gasteiger charge is 2.42. The molecule has 0 unspecified atom stereocenters. The summed E-state index contributed by atoms with van der Waals surface area (Å²) in [4.78, 5) is 15.1. The van der Waals surface area contributed by atoms with E-state index in [1.54, 1.807) is 6.07 Å². The molecule has 0 atom stereocenters. The van der Waals surface area contributed by atoms with Gasteiger partial charge in [-0.15, -0.1) is 0 Å². The SMILES string of the molecule is CC1(n2c(SCC(=O)O)nc3cc(F)c(Br)cc32)CC1. The van der Waals surface area contributed by atoms with Crippen molar-refractivity contribution in [3.63, 3.8) is 0 Å². The summed E-state index contributed by atoms with van der Waals surface area (Å²) >= 11 is 4.37. The zero-order chi connectivity index (χ0) is 14.5. The fourth-order valence-corrected chi connectivity index (χ4v) is 3.39. The third kappa shape index (κ3) is 2.33. The summed E-state index contributed by atoms with van der Waals surface area (Å²) in [6.07, 6.45) is 2.04. The molecule has 2 aromatic rings. The van der Waals surface area contributed by atoms with Crippen molar-refractivity contribution in [2.24, 2.45) is 0 Å². The van der Waals surface area contributed by atoms with E-state index in [0.29, 0.717) is 15.1 Å². The van der Waals surface area contributed by atoms with Crippen LogP contribution in [0.15, 0.2) is 21.8 Å². The van der Waals surface area contributed by atoms with Crippen LogP contribution in [0.25, 0.3) is 11.0 Å². The number of carboxylic acid groups (broad SMARTS) is 1. The molecule has 1 aliphatic rings. The van der Waals surface area contributed by atoms with Crippen LogP contribution >= 0.6 is 27.7 Å². The second-order valence-electron chi connectivity index (χ2n) is 5.16. The number of nitrogens with zero attached hydrogens (tertiary/aromatic N) is 2. The van der Waals surface area contributed by atoms with Crippen LogP contribution in [0.4, 0.5) is 4.39 Å². The van der Waals surface area contributed by atoms with E-state index >= 15 is 0 Å². The second-order valence-corrected chi connectivity index (χ2v) is 6.96. The van der Waals surface area contributed by atoms with E-state index in [0.717, 1.165) is 18.4 Å². The average Bonchev–Trinajstić information content (AvgIpc) is 3.00. The molecule has 7 heteroatoms. The summed E-state index contributed by atoms with van der Waals surface area (Å²) in [6.45, 7) is 2.11. The molecule has 1 aromatic carbocycles. The molecule has 106 valence electrons. The Morgan fingerprint density at radius 1 is 1.60 bits per heavy atom. The molecule has 1 saturated carbocycles. The molecule has 1 aromatic heterocycles. The standard InChI is InChI=1S/C13H12BrFN2O2S/c1-13(2-3-13)17-10-4-7(14)8(15)5-9(10)16-12(17)20-6-11(18)19/h4-5H,2-3,6H2,1H3,(H,18,19). The van der Waals surface area contributed by atoms with E-state index in [-0.39, 0.29) is 17.1 Å². The van der Waals surface area contributed by atoms with Gasteiger partial charge in [-0.2, -0.15) is 0 Å². The van der Waals surface area contributed by atoms with Crippen molar-refractivity contribution in [2.75, 3.05) is 5.75 Å². The predicted octanol–water partition coefficient (Wildman–Crippen LogP) is 3.62. The maximum absolute atomic E-state index is 13.6. The van der Waals surface area contributed by atoms with Gasteiger partial charge in [0.1, 0.15) is 5.82 Å². The Balaban J connectivity index is 2.15. The predicted molar refractivity (Wildman–Crippen MR) is 78.6 cm³/mol. The molecule has 0 radical (unpaired) electrons. The lowest BCUT2D eigenvalue weighted by Gasteiger charge is -2.15. The zero-order valence-electron chi connectivity index (χ0n) is 10.7. The van der Waals surface area contributed by atoms with Crippen LogP contribution in [0, 0.1) is 5.82 Å². The van der Waals surface area contributed by atoms with Gasteiger partial charge in [-0.25, -0.2) is 9.37 Å². The molecule has 0 spiro atoms. The lowest BCUT2D eigenvalue weighted by atomic mass is 10.2. The van der Waals surface area contributed by atoms with Gasteiger partial charge in [0.2, 0.25) is 0 Å². The van der Waals surface area contributed by atoms with E-state index in [9.17, 15) is 9.18 Å². The number of carbonyl (C=O) groups is 1. The highest BCUT2D eigenvalue weighted by Crippen LogP contribution is 2.47. The Morgan fingerprint density at radius 3 is 2.90 bits per heavy atom. The molecular formula is C13H12BrFN2O2S. The van der Waals surface area contributed by atoms with Crippen molar-refractivity contribution in [2.45, 2.75) is 30.5 Å². The van der Waals surface area contributed by atoms with Crippen molar-refractivity contribution in [1.29, 1.82) is 0 Å². The van der Waals surface area contributed by atoms with Gasteiger partial charge in [0.25, 0.3) is 0 Å². The maximum Gasteiger partial charge on any atom is 0.313 e. The number of aromatic nitrogens is 2. The van der Waals surface area contributed by atoms with Gasteiger partial charge >= 0.3 is 5.97 Å². The quantitative estimate of drug-likeness (QED) is 0.848. The molecular weight excluding hydrogens is 347 g/mol. The molecule has 0 amide bonds. The van der Waals surface area contributed by atoms with Crippen molar-refractivity contribution >= 4 is 44.7 Å². The maximum atomic E-state index is 13.6. The lowest BCUT2D eigenvalue weighted by Crippen LogP contribution is -2.14. The molecule has 20 heavy (non-hydrogen) atoms. The van der Waals surface area contributed by atoms with Gasteiger partial charge < -0.3 is 9.67 Å². The van der Waals surface area contributed by atoms with Crippen LogP contribution in [0.5, 0.6) is 0 Å². The first-order valence-corrected chi connectivity index (χ1v) is 7.91. The highest BCUT2D eigenvalue weighted by atomic mass is 79.9. The van der Waals surface area contributed by atoms with Gasteiger partial charge in [-0.1, -0.05) is 11.8 Å². The van der Waals surface area contributed by atoms with E-state index in [1.807, 2.05) is 4.57 Å². The first-order chi connectivity index (χ1) is 9.40. The Kier molecular flexibility index (Phi) is 3.29. The summed E-state index contributed by atoms with van der Waals surface area (Å²) in [5, 5.41) is 9.46. The molecule has 1 fully saturated rings. The van der Waals surface area contributed by atoms with Crippen LogP contribution in [-0.4, -0.2) is 26.4 Å². The summed E-state index contributed by atoms with van der Waals surface area (Å²) < 4.78 is 16.1. The number of halogens is 2. The molecule has 1 N–H and O–H groups in total. The highest BCUT2D eigenvalue weighted by molar-refractivity contribution is 9.10. The van der Waals surface area contributed by atoms with E-state index in [4.69, 9.17) is 5.11 Å². The Labute approximate surface area is 127 Å². The number of benzene rings is 1. The number of hydrogen-bond donors (Lipinski definition) is 1. The van der Waals surface area contributed by atoms with Gasteiger partial charge in [0.05, 0.1) is 21.3 Å². The van der Waals surface area contributed by atoms with E-state index in [2.05, 4.69) is 27.8 Å². The summed E-state index contributed by atoms with van der Waals surface area (Å²) in [6, 6.07) is 3.10. The van der Waals surface area contributed by atoms with Crippen LogP contribution in [0.3, 0.4) is 0 Å². The number of hydrogen-bond acceptors (Lipinski definition) is 3. The molecule has 0 saturated heterocycles. The fraction of sp³-hybridized carbons (Fsp3) is 0.385. The van der Waals surface area contributed by atoms with Crippen LogP contribution in [-0.2, 0) is 10.3 Å². The van der Waals surface area contributed by atoms with Crippen molar-refractivity contribution < 1.29 is 14.3 Å². The molecule has 1 aliphatic carbocycles. The minimum atomic E-state index is -0.887. The third-order valence-electron chi connectivity index (χ3n) is 3.50. The summed E-state index contributed by atoms with van der Waals surface area (Å²) in [5.74, 6) is -1.30. The number of aliphatic carboxylic acids is 1.